The molecule has 3 atom stereocenters. The maximum atomic E-state index is 12.7. The third-order valence-corrected chi connectivity index (χ3v) is 4.78. The molecule has 0 aliphatic carbocycles. The molecular formula is C17H27N5O6S. The number of aliphatic carboxylic acids is 1. The van der Waals surface area contributed by atoms with Crippen LogP contribution in [0, 0.1) is 0 Å². The molecule has 0 aromatic carbocycles. The Kier molecular flexibility index (Phi) is 10.00. The van der Waals surface area contributed by atoms with Gasteiger partial charge in [-0.2, -0.15) is 11.8 Å². The molecule has 0 bridgehead atoms. The predicted octanol–water partition coefficient (Wildman–Crippen LogP) is -1.36. The fourth-order valence-electron chi connectivity index (χ4n) is 2.89. The zero-order valence-corrected chi connectivity index (χ0v) is 17.0. The highest BCUT2D eigenvalue weighted by Gasteiger charge is 2.40. The van der Waals surface area contributed by atoms with Crippen LogP contribution in [0.25, 0.3) is 0 Å². The zero-order valence-electron chi connectivity index (χ0n) is 16.2. The van der Waals surface area contributed by atoms with E-state index in [9.17, 15) is 24.0 Å². The van der Waals surface area contributed by atoms with E-state index in [4.69, 9.17) is 10.8 Å². The van der Waals surface area contributed by atoms with Gasteiger partial charge in [0.15, 0.2) is 0 Å². The van der Waals surface area contributed by atoms with Crippen LogP contribution in [0.5, 0.6) is 0 Å². The van der Waals surface area contributed by atoms with Gasteiger partial charge in [-0.3, -0.25) is 19.2 Å². The normalized spacial score (nSPS) is 19.1. The van der Waals surface area contributed by atoms with Crippen LogP contribution in [-0.4, -0.2) is 83.0 Å². The number of primary amides is 1. The number of carbonyl (C=O) groups excluding carboxylic acids is 4. The number of carboxylic acid groups (broad SMARTS) is 1. The van der Waals surface area contributed by atoms with Crippen molar-refractivity contribution in [1.29, 1.82) is 0 Å². The second-order valence-electron chi connectivity index (χ2n) is 6.47. The van der Waals surface area contributed by atoms with Crippen LogP contribution in [0.15, 0.2) is 12.7 Å². The van der Waals surface area contributed by atoms with Gasteiger partial charge in [-0.05, 0) is 19.1 Å². The summed E-state index contributed by atoms with van der Waals surface area (Å²) in [6.45, 7) is 3.90. The fraction of sp³-hybridized carbons (Fsp3) is 0.588. The van der Waals surface area contributed by atoms with Gasteiger partial charge < -0.3 is 31.7 Å². The second kappa shape index (κ2) is 11.9. The largest absolute Gasteiger partial charge is 0.481 e. The van der Waals surface area contributed by atoms with Crippen molar-refractivity contribution in [3.8, 4) is 0 Å². The minimum Gasteiger partial charge on any atom is -0.481 e. The van der Waals surface area contributed by atoms with Gasteiger partial charge in [0, 0.05) is 19.5 Å². The lowest BCUT2D eigenvalue weighted by molar-refractivity contribution is -0.138. The van der Waals surface area contributed by atoms with Gasteiger partial charge in [0.1, 0.15) is 12.1 Å². The summed E-state index contributed by atoms with van der Waals surface area (Å²) in [5.41, 5.74) is 5.25. The van der Waals surface area contributed by atoms with Gasteiger partial charge in [0.2, 0.25) is 17.7 Å². The van der Waals surface area contributed by atoms with Crippen molar-refractivity contribution in [2.45, 2.75) is 37.4 Å². The van der Waals surface area contributed by atoms with E-state index < -0.39 is 41.9 Å². The van der Waals surface area contributed by atoms with Crippen molar-refractivity contribution < 1.29 is 29.1 Å². The number of nitrogens with two attached hydrogens (primary N) is 1. The number of thioether (sulfide) groups is 1. The van der Waals surface area contributed by atoms with Crippen molar-refractivity contribution in [2.24, 2.45) is 5.73 Å². The number of hydrogen-bond acceptors (Lipinski definition) is 6. The van der Waals surface area contributed by atoms with E-state index in [1.807, 2.05) is 0 Å². The number of nitrogens with zero attached hydrogens (tertiary/aromatic N) is 1. The smallest absolute Gasteiger partial charge is 0.315 e. The molecule has 0 saturated carbocycles. The zero-order chi connectivity index (χ0) is 22.0. The van der Waals surface area contributed by atoms with Crippen molar-refractivity contribution >= 4 is 41.5 Å². The standard InChI is InChI=1S/C17H27N5O6S/c1-3-6-19-17(28)20-10-7-12(22(8-10)13(23)9-29-2)16(27)21-11(15(18)26)4-5-14(24)25/h3,10-12H,1,4-9H2,2H3,(H2,18,26)(H,21,27)(H,24,25)(H2,19,20,28). The lowest BCUT2D eigenvalue weighted by atomic mass is 10.1. The summed E-state index contributed by atoms with van der Waals surface area (Å²) in [5.74, 6) is -2.74. The van der Waals surface area contributed by atoms with E-state index in [1.54, 1.807) is 6.26 Å². The Morgan fingerprint density at radius 1 is 1.34 bits per heavy atom. The van der Waals surface area contributed by atoms with Crippen LogP contribution in [0.2, 0.25) is 0 Å². The summed E-state index contributed by atoms with van der Waals surface area (Å²) >= 11 is 1.29. The van der Waals surface area contributed by atoms with E-state index >= 15 is 0 Å². The number of nitrogens with one attached hydrogen (secondary N) is 3. The van der Waals surface area contributed by atoms with Crippen molar-refractivity contribution in [3.63, 3.8) is 0 Å². The fourth-order valence-corrected chi connectivity index (χ4v) is 3.31. The third-order valence-electron chi connectivity index (χ3n) is 4.24. The Morgan fingerprint density at radius 3 is 2.59 bits per heavy atom. The maximum absolute atomic E-state index is 12.7. The van der Waals surface area contributed by atoms with E-state index in [-0.39, 0.29) is 44.0 Å². The highest BCUT2D eigenvalue weighted by molar-refractivity contribution is 7.99. The van der Waals surface area contributed by atoms with Gasteiger partial charge in [-0.25, -0.2) is 4.79 Å². The number of urea groups is 1. The molecule has 6 N–H and O–H groups in total. The molecular weight excluding hydrogens is 402 g/mol. The highest BCUT2D eigenvalue weighted by Crippen LogP contribution is 2.20. The van der Waals surface area contributed by atoms with E-state index in [2.05, 4.69) is 22.5 Å². The van der Waals surface area contributed by atoms with E-state index in [1.165, 1.54) is 22.7 Å². The van der Waals surface area contributed by atoms with Crippen LogP contribution in [-0.2, 0) is 19.2 Å². The lowest BCUT2D eigenvalue weighted by Gasteiger charge is -2.25. The second-order valence-corrected chi connectivity index (χ2v) is 7.33. The third kappa shape index (κ3) is 8.02. The maximum Gasteiger partial charge on any atom is 0.315 e. The van der Waals surface area contributed by atoms with Gasteiger partial charge in [-0.15, -0.1) is 6.58 Å². The molecule has 1 rings (SSSR count). The monoisotopic (exact) mass is 429 g/mol. The van der Waals surface area contributed by atoms with Gasteiger partial charge in [0.05, 0.1) is 11.8 Å². The van der Waals surface area contributed by atoms with Gasteiger partial charge >= 0.3 is 12.0 Å². The molecule has 5 amide bonds. The van der Waals surface area contributed by atoms with E-state index in [0.29, 0.717) is 0 Å². The molecule has 3 unspecified atom stereocenters. The highest BCUT2D eigenvalue weighted by atomic mass is 32.2. The number of carboxylic acids is 1. The molecule has 0 aromatic heterocycles. The Morgan fingerprint density at radius 2 is 2.03 bits per heavy atom. The van der Waals surface area contributed by atoms with Crippen molar-refractivity contribution in [1.82, 2.24) is 20.9 Å². The van der Waals surface area contributed by atoms with Crippen LogP contribution >= 0.6 is 11.8 Å². The SMILES string of the molecule is C=CCNC(=O)NC1CC(C(=O)NC(CCC(=O)O)C(N)=O)N(C(=O)CSC)C1. The molecule has 1 aliphatic heterocycles. The molecule has 0 radical (unpaired) electrons. The molecule has 11 nitrogen and oxygen atoms in total. The summed E-state index contributed by atoms with van der Waals surface area (Å²) in [5, 5.41) is 16.4. The minimum atomic E-state index is -1.17. The quantitative estimate of drug-likeness (QED) is 0.252. The molecule has 12 heteroatoms. The van der Waals surface area contributed by atoms with Gasteiger partial charge in [0.25, 0.3) is 0 Å². The van der Waals surface area contributed by atoms with Crippen molar-refractivity contribution in [3.05, 3.63) is 12.7 Å². The van der Waals surface area contributed by atoms with Gasteiger partial charge in [-0.1, -0.05) is 6.08 Å². The van der Waals surface area contributed by atoms with Crippen molar-refractivity contribution in [2.75, 3.05) is 25.1 Å². The first-order chi connectivity index (χ1) is 13.7. The first-order valence-electron chi connectivity index (χ1n) is 8.94. The molecule has 1 aliphatic rings. The van der Waals surface area contributed by atoms with Crippen LogP contribution in [0.1, 0.15) is 19.3 Å². The van der Waals surface area contributed by atoms with Crippen LogP contribution < -0.4 is 21.7 Å². The molecule has 1 heterocycles. The molecule has 0 spiro atoms. The minimum absolute atomic E-state index is 0.134. The Labute approximate surface area is 172 Å². The summed E-state index contributed by atoms with van der Waals surface area (Å²) in [6, 6.07) is -3.00. The molecule has 0 aromatic rings. The van der Waals surface area contributed by atoms with E-state index in [0.717, 1.165) is 0 Å². The number of hydrogen-bond donors (Lipinski definition) is 5. The summed E-state index contributed by atoms with van der Waals surface area (Å²) < 4.78 is 0. The topological polar surface area (TPSA) is 171 Å². The summed E-state index contributed by atoms with van der Waals surface area (Å²) in [6.07, 6.45) is 2.91. The number of rotatable bonds is 11. The van der Waals surface area contributed by atoms with Crippen LogP contribution in [0.4, 0.5) is 4.79 Å². The molecule has 1 fully saturated rings. The molecule has 1 saturated heterocycles. The Balaban J connectivity index is 2.85. The number of carbonyl (C=O) groups is 5. The lowest BCUT2D eigenvalue weighted by Crippen LogP contribution is -2.52. The summed E-state index contributed by atoms with van der Waals surface area (Å²) in [4.78, 5) is 60.6. The molecule has 29 heavy (non-hydrogen) atoms. The number of amides is 5. The first kappa shape index (κ1) is 24.3. The molecule has 162 valence electrons. The summed E-state index contributed by atoms with van der Waals surface area (Å²) in [7, 11) is 0. The average molecular weight is 429 g/mol. The number of likely N-dealkylation sites (tertiary alicyclic amines) is 1. The predicted molar refractivity (Wildman–Crippen MR) is 107 cm³/mol. The average Bonchev–Trinajstić information content (AvgIpc) is 3.07. The Hall–Kier alpha value is -2.76. The Bertz CT molecular complexity index is 658. The first-order valence-corrected chi connectivity index (χ1v) is 10.3. The van der Waals surface area contributed by atoms with Crippen LogP contribution in [0.3, 0.4) is 0 Å².